The number of fused-ring (bicyclic) bond motifs is 1. The van der Waals surface area contributed by atoms with Gasteiger partial charge in [0.2, 0.25) is 5.91 Å². The number of benzene rings is 1. The Bertz CT molecular complexity index is 582. The quantitative estimate of drug-likeness (QED) is 0.899. The molecule has 0 aromatic heterocycles. The summed E-state index contributed by atoms with van der Waals surface area (Å²) < 4.78 is 11.4. The SMILES string of the molecule is CCOc1cc2c(cc1OCC)CN(C(=O)C1CCNCC1)CC2. The summed E-state index contributed by atoms with van der Waals surface area (Å²) >= 11 is 0. The van der Waals surface area contributed by atoms with Gasteiger partial charge in [-0.15, -0.1) is 0 Å². The maximum absolute atomic E-state index is 12.8. The third-order valence-corrected chi connectivity index (χ3v) is 4.88. The topological polar surface area (TPSA) is 50.8 Å². The molecule has 1 amide bonds. The van der Waals surface area contributed by atoms with E-state index in [0.717, 1.165) is 50.4 Å². The highest BCUT2D eigenvalue weighted by molar-refractivity contribution is 5.79. The first-order valence-electron chi connectivity index (χ1n) is 9.13. The van der Waals surface area contributed by atoms with Gasteiger partial charge in [0.15, 0.2) is 11.5 Å². The van der Waals surface area contributed by atoms with Crippen molar-refractivity contribution in [3.63, 3.8) is 0 Å². The van der Waals surface area contributed by atoms with Gasteiger partial charge in [-0.25, -0.2) is 0 Å². The Hall–Kier alpha value is -1.75. The van der Waals surface area contributed by atoms with Gasteiger partial charge in [-0.05, 0) is 69.5 Å². The van der Waals surface area contributed by atoms with Gasteiger partial charge in [0.1, 0.15) is 0 Å². The van der Waals surface area contributed by atoms with E-state index in [1.54, 1.807) is 0 Å². The minimum atomic E-state index is 0.182. The molecule has 0 bridgehead atoms. The lowest BCUT2D eigenvalue weighted by atomic mass is 9.93. The molecular weight excluding hydrogens is 304 g/mol. The van der Waals surface area contributed by atoms with E-state index in [9.17, 15) is 4.79 Å². The van der Waals surface area contributed by atoms with Crippen molar-refractivity contribution in [1.82, 2.24) is 10.2 Å². The van der Waals surface area contributed by atoms with Crippen LogP contribution in [0, 0.1) is 5.92 Å². The molecule has 0 radical (unpaired) electrons. The first kappa shape index (κ1) is 17.1. The zero-order valence-corrected chi connectivity index (χ0v) is 14.8. The maximum Gasteiger partial charge on any atom is 0.226 e. The Morgan fingerprint density at radius 2 is 1.75 bits per heavy atom. The summed E-state index contributed by atoms with van der Waals surface area (Å²) in [6.07, 6.45) is 2.80. The van der Waals surface area contributed by atoms with Gasteiger partial charge < -0.3 is 19.7 Å². The molecule has 2 heterocycles. The molecule has 2 aliphatic heterocycles. The standard InChI is InChI=1S/C19H28N2O3/c1-3-23-17-11-15-7-10-21(13-16(15)12-18(17)24-4-2)19(22)14-5-8-20-9-6-14/h11-12,14,20H,3-10,13H2,1-2H3. The Kier molecular flexibility index (Phi) is 5.61. The molecule has 24 heavy (non-hydrogen) atoms. The zero-order chi connectivity index (χ0) is 16.9. The summed E-state index contributed by atoms with van der Waals surface area (Å²) in [4.78, 5) is 14.8. The van der Waals surface area contributed by atoms with Crippen LogP contribution in [0.5, 0.6) is 11.5 Å². The van der Waals surface area contributed by atoms with Crippen LogP contribution in [0.25, 0.3) is 0 Å². The van der Waals surface area contributed by atoms with Crippen molar-refractivity contribution in [2.75, 3.05) is 32.8 Å². The molecular formula is C19H28N2O3. The smallest absolute Gasteiger partial charge is 0.226 e. The summed E-state index contributed by atoms with van der Waals surface area (Å²) in [5.74, 6) is 2.10. The predicted molar refractivity (Wildman–Crippen MR) is 93.5 cm³/mol. The van der Waals surface area contributed by atoms with Crippen LogP contribution in [0.3, 0.4) is 0 Å². The van der Waals surface area contributed by atoms with E-state index >= 15 is 0 Å². The second-order valence-electron chi connectivity index (χ2n) is 6.47. The zero-order valence-electron chi connectivity index (χ0n) is 14.8. The van der Waals surface area contributed by atoms with Gasteiger partial charge >= 0.3 is 0 Å². The van der Waals surface area contributed by atoms with Crippen LogP contribution in [0.4, 0.5) is 0 Å². The molecule has 5 heteroatoms. The molecule has 2 aliphatic rings. The lowest BCUT2D eigenvalue weighted by Gasteiger charge is -2.33. The molecule has 0 atom stereocenters. The Morgan fingerprint density at radius 3 is 2.38 bits per heavy atom. The largest absolute Gasteiger partial charge is 0.490 e. The molecule has 3 rings (SSSR count). The van der Waals surface area contributed by atoms with Gasteiger partial charge in [0.25, 0.3) is 0 Å². The van der Waals surface area contributed by atoms with Crippen molar-refractivity contribution in [3.8, 4) is 11.5 Å². The van der Waals surface area contributed by atoms with E-state index in [4.69, 9.17) is 9.47 Å². The predicted octanol–water partition coefficient (Wildman–Crippen LogP) is 2.37. The van der Waals surface area contributed by atoms with Crippen molar-refractivity contribution in [3.05, 3.63) is 23.3 Å². The molecule has 0 aliphatic carbocycles. The fourth-order valence-electron chi connectivity index (χ4n) is 3.62. The summed E-state index contributed by atoms with van der Waals surface area (Å²) in [5.41, 5.74) is 2.46. The molecule has 0 spiro atoms. The van der Waals surface area contributed by atoms with E-state index in [-0.39, 0.29) is 5.92 Å². The van der Waals surface area contributed by atoms with Crippen molar-refractivity contribution in [1.29, 1.82) is 0 Å². The molecule has 1 fully saturated rings. The lowest BCUT2D eigenvalue weighted by molar-refractivity contribution is -0.137. The first-order valence-corrected chi connectivity index (χ1v) is 9.13. The normalized spacial score (nSPS) is 18.2. The Morgan fingerprint density at radius 1 is 1.12 bits per heavy atom. The molecule has 132 valence electrons. The highest BCUT2D eigenvalue weighted by Gasteiger charge is 2.29. The third-order valence-electron chi connectivity index (χ3n) is 4.88. The fraction of sp³-hybridized carbons (Fsp3) is 0.632. The summed E-state index contributed by atoms with van der Waals surface area (Å²) in [6, 6.07) is 4.15. The van der Waals surface area contributed by atoms with Crippen LogP contribution in [0.2, 0.25) is 0 Å². The van der Waals surface area contributed by atoms with Crippen molar-refractivity contribution < 1.29 is 14.3 Å². The number of piperidine rings is 1. The van der Waals surface area contributed by atoms with Gasteiger partial charge in [-0.3, -0.25) is 4.79 Å². The van der Waals surface area contributed by atoms with Gasteiger partial charge in [0, 0.05) is 19.0 Å². The average Bonchev–Trinajstić information content (AvgIpc) is 2.62. The van der Waals surface area contributed by atoms with Crippen LogP contribution in [-0.4, -0.2) is 43.7 Å². The van der Waals surface area contributed by atoms with E-state index < -0.39 is 0 Å². The van der Waals surface area contributed by atoms with Crippen LogP contribution in [0.15, 0.2) is 12.1 Å². The second kappa shape index (κ2) is 7.88. The number of carbonyl (C=O) groups is 1. The third kappa shape index (κ3) is 3.66. The highest BCUT2D eigenvalue weighted by Crippen LogP contribution is 2.34. The molecule has 1 saturated heterocycles. The number of nitrogens with one attached hydrogen (secondary N) is 1. The molecule has 5 nitrogen and oxygen atoms in total. The molecule has 0 unspecified atom stereocenters. The molecule has 1 N–H and O–H groups in total. The minimum absolute atomic E-state index is 0.182. The van der Waals surface area contributed by atoms with Crippen molar-refractivity contribution >= 4 is 5.91 Å². The van der Waals surface area contributed by atoms with Crippen LogP contribution in [0.1, 0.15) is 37.8 Å². The summed E-state index contributed by atoms with van der Waals surface area (Å²) in [7, 11) is 0. The number of rotatable bonds is 5. The van der Waals surface area contributed by atoms with E-state index in [1.807, 2.05) is 18.7 Å². The molecule has 1 aromatic carbocycles. The maximum atomic E-state index is 12.8. The molecule has 1 aromatic rings. The van der Waals surface area contributed by atoms with Crippen LogP contribution >= 0.6 is 0 Å². The molecule has 0 saturated carbocycles. The second-order valence-corrected chi connectivity index (χ2v) is 6.47. The van der Waals surface area contributed by atoms with Gasteiger partial charge in [-0.1, -0.05) is 0 Å². The fourth-order valence-corrected chi connectivity index (χ4v) is 3.62. The number of carbonyl (C=O) groups excluding carboxylic acids is 1. The number of amides is 1. The van der Waals surface area contributed by atoms with E-state index in [1.165, 1.54) is 11.1 Å². The van der Waals surface area contributed by atoms with E-state index in [0.29, 0.717) is 25.7 Å². The summed E-state index contributed by atoms with van der Waals surface area (Å²) in [5, 5.41) is 3.33. The Balaban J connectivity index is 1.76. The van der Waals surface area contributed by atoms with Crippen LogP contribution < -0.4 is 14.8 Å². The van der Waals surface area contributed by atoms with Crippen LogP contribution in [-0.2, 0) is 17.8 Å². The van der Waals surface area contributed by atoms with E-state index in [2.05, 4.69) is 17.4 Å². The minimum Gasteiger partial charge on any atom is -0.490 e. The Labute approximate surface area is 144 Å². The number of nitrogens with zero attached hydrogens (tertiary/aromatic N) is 1. The first-order chi connectivity index (χ1) is 11.7. The number of ether oxygens (including phenoxy) is 2. The van der Waals surface area contributed by atoms with Crippen molar-refractivity contribution in [2.24, 2.45) is 5.92 Å². The van der Waals surface area contributed by atoms with Crippen molar-refractivity contribution in [2.45, 2.75) is 39.7 Å². The highest BCUT2D eigenvalue weighted by atomic mass is 16.5. The number of hydrogen-bond donors (Lipinski definition) is 1. The number of hydrogen-bond acceptors (Lipinski definition) is 4. The van der Waals surface area contributed by atoms with Gasteiger partial charge in [-0.2, -0.15) is 0 Å². The monoisotopic (exact) mass is 332 g/mol. The summed E-state index contributed by atoms with van der Waals surface area (Å²) in [6.45, 7) is 8.58. The average molecular weight is 332 g/mol. The lowest BCUT2D eigenvalue weighted by Crippen LogP contribution is -2.43. The van der Waals surface area contributed by atoms with Gasteiger partial charge in [0.05, 0.1) is 13.2 Å².